The van der Waals surface area contributed by atoms with Gasteiger partial charge in [-0.25, -0.2) is 4.98 Å². The first kappa shape index (κ1) is 18.8. The Kier molecular flexibility index (Phi) is 5.07. The van der Waals surface area contributed by atoms with Crippen molar-refractivity contribution in [3.05, 3.63) is 59.1 Å². The normalized spacial score (nSPS) is 11.5. The highest BCUT2D eigenvalue weighted by Gasteiger charge is 2.29. The van der Waals surface area contributed by atoms with Gasteiger partial charge in [0.15, 0.2) is 0 Å². The van der Waals surface area contributed by atoms with E-state index in [1.54, 1.807) is 6.20 Å². The molecular weight excluding hydrogens is 359 g/mol. The summed E-state index contributed by atoms with van der Waals surface area (Å²) in [4.78, 5) is 4.29. The zero-order valence-electron chi connectivity index (χ0n) is 15.0. The van der Waals surface area contributed by atoms with Crippen LogP contribution in [0.15, 0.2) is 41.1 Å². The van der Waals surface area contributed by atoms with Crippen LogP contribution in [0, 0.1) is 13.8 Å². The fraction of sp³-hybridized carbons (Fsp3) is 0.263. The molecule has 0 saturated carbocycles. The van der Waals surface area contributed by atoms with Crippen LogP contribution in [0.25, 0.3) is 11.1 Å². The highest BCUT2D eigenvalue weighted by Crippen LogP contribution is 2.32. The SMILES string of the molecule is COc1ncc(-c2c(C)noc2C)cc1NCc1ccc(C(F)(F)F)cc1. The van der Waals surface area contributed by atoms with E-state index in [-0.39, 0.29) is 0 Å². The molecule has 5 nitrogen and oxygen atoms in total. The standard InChI is InChI=1S/C19H18F3N3O2/c1-11-17(12(2)27-25-11)14-8-16(18(26-3)24-10-14)23-9-13-4-6-15(7-5-13)19(20,21)22/h4-8,10,23H,9H2,1-3H3. The molecule has 2 aromatic heterocycles. The Morgan fingerprint density at radius 2 is 1.85 bits per heavy atom. The molecule has 3 rings (SSSR count). The van der Waals surface area contributed by atoms with Crippen LogP contribution in [-0.4, -0.2) is 17.3 Å². The van der Waals surface area contributed by atoms with Crippen molar-refractivity contribution in [1.29, 1.82) is 0 Å². The third kappa shape index (κ3) is 4.05. The monoisotopic (exact) mass is 377 g/mol. The summed E-state index contributed by atoms with van der Waals surface area (Å²) in [6, 6.07) is 6.85. The van der Waals surface area contributed by atoms with Gasteiger partial charge >= 0.3 is 6.18 Å². The predicted octanol–water partition coefficient (Wildman–Crippen LogP) is 4.99. The third-order valence-corrected chi connectivity index (χ3v) is 4.13. The van der Waals surface area contributed by atoms with E-state index >= 15 is 0 Å². The van der Waals surface area contributed by atoms with Crippen LogP contribution >= 0.6 is 0 Å². The Hall–Kier alpha value is -3.03. The summed E-state index contributed by atoms with van der Waals surface area (Å²) in [7, 11) is 1.50. The van der Waals surface area contributed by atoms with Crippen LogP contribution in [0.2, 0.25) is 0 Å². The minimum atomic E-state index is -4.35. The van der Waals surface area contributed by atoms with Gasteiger partial charge in [0, 0.05) is 23.9 Å². The van der Waals surface area contributed by atoms with Gasteiger partial charge in [0.05, 0.1) is 24.1 Å². The van der Waals surface area contributed by atoms with Gasteiger partial charge in [-0.05, 0) is 37.6 Å². The molecule has 0 radical (unpaired) electrons. The van der Waals surface area contributed by atoms with Crippen LogP contribution < -0.4 is 10.1 Å². The van der Waals surface area contributed by atoms with Gasteiger partial charge in [-0.15, -0.1) is 0 Å². The minimum Gasteiger partial charge on any atom is -0.480 e. The van der Waals surface area contributed by atoms with E-state index in [0.29, 0.717) is 29.4 Å². The van der Waals surface area contributed by atoms with Crippen LogP contribution in [0.1, 0.15) is 22.6 Å². The summed E-state index contributed by atoms with van der Waals surface area (Å²) in [5.41, 5.74) is 3.05. The van der Waals surface area contributed by atoms with E-state index < -0.39 is 11.7 Å². The molecule has 0 atom stereocenters. The zero-order chi connectivity index (χ0) is 19.6. The van der Waals surface area contributed by atoms with E-state index in [9.17, 15) is 13.2 Å². The van der Waals surface area contributed by atoms with Crippen molar-refractivity contribution in [2.45, 2.75) is 26.6 Å². The summed E-state index contributed by atoms with van der Waals surface area (Å²) < 4.78 is 48.4. The number of nitrogens with zero attached hydrogens (tertiary/aromatic N) is 2. The molecule has 8 heteroatoms. The van der Waals surface area contributed by atoms with Crippen molar-refractivity contribution in [2.75, 3.05) is 12.4 Å². The summed E-state index contributed by atoms with van der Waals surface area (Å²) in [6.45, 7) is 3.97. The maximum absolute atomic E-state index is 12.7. The molecule has 0 fully saturated rings. The Morgan fingerprint density at radius 3 is 2.41 bits per heavy atom. The van der Waals surface area contributed by atoms with Gasteiger partial charge in [0.1, 0.15) is 5.76 Å². The van der Waals surface area contributed by atoms with E-state index in [4.69, 9.17) is 9.26 Å². The van der Waals surface area contributed by atoms with Gasteiger partial charge in [-0.1, -0.05) is 17.3 Å². The number of anilines is 1. The van der Waals surface area contributed by atoms with Gasteiger partial charge in [-0.3, -0.25) is 0 Å². The average molecular weight is 377 g/mol. The number of aromatic nitrogens is 2. The van der Waals surface area contributed by atoms with E-state index in [0.717, 1.165) is 29.0 Å². The van der Waals surface area contributed by atoms with Gasteiger partial charge in [0.25, 0.3) is 0 Å². The van der Waals surface area contributed by atoms with Crippen LogP contribution in [0.3, 0.4) is 0 Å². The zero-order valence-corrected chi connectivity index (χ0v) is 15.0. The van der Waals surface area contributed by atoms with Crippen LogP contribution in [0.4, 0.5) is 18.9 Å². The number of methoxy groups -OCH3 is 1. The van der Waals surface area contributed by atoms with Gasteiger partial charge in [0.2, 0.25) is 5.88 Å². The first-order valence-corrected chi connectivity index (χ1v) is 8.17. The summed E-state index contributed by atoms with van der Waals surface area (Å²) >= 11 is 0. The number of alkyl halides is 3. The first-order chi connectivity index (χ1) is 12.8. The first-order valence-electron chi connectivity index (χ1n) is 8.17. The number of benzene rings is 1. The number of ether oxygens (including phenoxy) is 1. The Labute approximate surface area is 154 Å². The lowest BCUT2D eigenvalue weighted by Crippen LogP contribution is -2.06. The molecule has 0 spiro atoms. The molecule has 27 heavy (non-hydrogen) atoms. The Bertz CT molecular complexity index is 915. The lowest BCUT2D eigenvalue weighted by atomic mass is 10.1. The highest BCUT2D eigenvalue weighted by atomic mass is 19.4. The predicted molar refractivity (Wildman–Crippen MR) is 94.5 cm³/mol. The summed E-state index contributed by atoms with van der Waals surface area (Å²) in [5, 5.41) is 7.10. The number of hydrogen-bond donors (Lipinski definition) is 1. The van der Waals surface area contributed by atoms with E-state index in [2.05, 4.69) is 15.5 Å². The van der Waals surface area contributed by atoms with Crippen molar-refractivity contribution >= 4 is 5.69 Å². The Morgan fingerprint density at radius 1 is 1.15 bits per heavy atom. The fourth-order valence-electron chi connectivity index (χ4n) is 2.78. The molecule has 0 amide bonds. The number of hydrogen-bond acceptors (Lipinski definition) is 5. The largest absolute Gasteiger partial charge is 0.480 e. The molecule has 1 N–H and O–H groups in total. The second kappa shape index (κ2) is 7.30. The molecule has 1 aromatic carbocycles. The van der Waals surface area contributed by atoms with Crippen molar-refractivity contribution in [3.8, 4) is 17.0 Å². The third-order valence-electron chi connectivity index (χ3n) is 4.13. The minimum absolute atomic E-state index is 0.321. The second-order valence-electron chi connectivity index (χ2n) is 6.03. The molecule has 0 aliphatic rings. The molecule has 0 aliphatic heterocycles. The lowest BCUT2D eigenvalue weighted by Gasteiger charge is -2.13. The number of pyridine rings is 1. The van der Waals surface area contributed by atoms with Crippen LogP contribution in [0.5, 0.6) is 5.88 Å². The highest BCUT2D eigenvalue weighted by molar-refractivity contribution is 5.72. The molecule has 142 valence electrons. The molecule has 0 saturated heterocycles. The molecular formula is C19H18F3N3O2. The molecule has 0 aliphatic carbocycles. The maximum atomic E-state index is 12.7. The Balaban J connectivity index is 1.83. The smallest absolute Gasteiger partial charge is 0.416 e. The maximum Gasteiger partial charge on any atom is 0.416 e. The van der Waals surface area contributed by atoms with Crippen LogP contribution in [-0.2, 0) is 12.7 Å². The molecule has 3 aromatic rings. The number of nitrogens with one attached hydrogen (secondary N) is 1. The van der Waals surface area contributed by atoms with Gasteiger partial charge in [-0.2, -0.15) is 13.2 Å². The fourth-order valence-corrected chi connectivity index (χ4v) is 2.78. The number of halogens is 3. The summed E-state index contributed by atoms with van der Waals surface area (Å²) in [5.74, 6) is 1.06. The van der Waals surface area contributed by atoms with Gasteiger partial charge < -0.3 is 14.6 Å². The number of aryl methyl sites for hydroxylation is 2. The summed E-state index contributed by atoms with van der Waals surface area (Å²) in [6.07, 6.45) is -2.68. The van der Waals surface area contributed by atoms with Crippen molar-refractivity contribution < 1.29 is 22.4 Å². The number of rotatable bonds is 5. The quantitative estimate of drug-likeness (QED) is 0.679. The lowest BCUT2D eigenvalue weighted by molar-refractivity contribution is -0.137. The molecule has 0 unspecified atom stereocenters. The van der Waals surface area contributed by atoms with E-state index in [1.165, 1.54) is 19.2 Å². The van der Waals surface area contributed by atoms with E-state index in [1.807, 2.05) is 19.9 Å². The topological polar surface area (TPSA) is 60.2 Å². The molecule has 2 heterocycles. The average Bonchev–Trinajstić information content (AvgIpc) is 2.97. The molecule has 0 bridgehead atoms. The second-order valence-corrected chi connectivity index (χ2v) is 6.03. The van der Waals surface area contributed by atoms with Crippen molar-refractivity contribution in [1.82, 2.24) is 10.1 Å². The van der Waals surface area contributed by atoms with Crippen molar-refractivity contribution in [3.63, 3.8) is 0 Å². The van der Waals surface area contributed by atoms with Crippen molar-refractivity contribution in [2.24, 2.45) is 0 Å².